The summed E-state index contributed by atoms with van der Waals surface area (Å²) in [6.07, 6.45) is 1.24. The molecule has 4 N–H and O–H groups in total. The standard InChI is InChI=1S/C9H9BrFNO2/c10-4-3-5(13)8(14)6(7(4)11)9(12)1-2-9/h3,13-14H,1-2,12H2. The summed E-state index contributed by atoms with van der Waals surface area (Å²) >= 11 is 2.95. The average molecular weight is 262 g/mol. The van der Waals surface area contributed by atoms with Crippen LogP contribution in [0.2, 0.25) is 0 Å². The van der Waals surface area contributed by atoms with Gasteiger partial charge >= 0.3 is 0 Å². The molecule has 0 amide bonds. The van der Waals surface area contributed by atoms with E-state index in [-0.39, 0.29) is 15.8 Å². The molecule has 5 heteroatoms. The molecule has 0 bridgehead atoms. The molecule has 2 rings (SSSR count). The zero-order chi connectivity index (χ0) is 10.5. The molecule has 1 aromatic carbocycles. The van der Waals surface area contributed by atoms with E-state index in [4.69, 9.17) is 5.73 Å². The van der Waals surface area contributed by atoms with Crippen molar-refractivity contribution in [2.45, 2.75) is 18.4 Å². The molecule has 0 radical (unpaired) electrons. The number of phenols is 2. The zero-order valence-corrected chi connectivity index (χ0v) is 8.81. The van der Waals surface area contributed by atoms with Crippen LogP contribution in [0.25, 0.3) is 0 Å². The minimum Gasteiger partial charge on any atom is -0.504 e. The lowest BCUT2D eigenvalue weighted by molar-refractivity contribution is 0.386. The predicted molar refractivity (Wildman–Crippen MR) is 52.5 cm³/mol. The van der Waals surface area contributed by atoms with Crippen molar-refractivity contribution in [1.82, 2.24) is 0 Å². The van der Waals surface area contributed by atoms with Gasteiger partial charge in [0, 0.05) is 11.6 Å². The molecule has 76 valence electrons. The fourth-order valence-electron chi connectivity index (χ4n) is 1.44. The molecular formula is C9H9BrFNO2. The van der Waals surface area contributed by atoms with Crippen LogP contribution in [-0.2, 0) is 5.54 Å². The maximum atomic E-state index is 13.6. The van der Waals surface area contributed by atoms with Gasteiger partial charge in [0.25, 0.3) is 0 Å². The maximum absolute atomic E-state index is 13.6. The molecule has 0 heterocycles. The van der Waals surface area contributed by atoms with Crippen LogP contribution in [0.1, 0.15) is 18.4 Å². The first-order valence-electron chi connectivity index (χ1n) is 4.15. The molecule has 1 aliphatic carbocycles. The topological polar surface area (TPSA) is 66.5 Å². The Bertz CT molecular complexity index is 378. The minimum atomic E-state index is -0.810. The SMILES string of the molecule is NC1(c2c(O)c(O)cc(Br)c2F)CC1. The first kappa shape index (κ1) is 9.73. The van der Waals surface area contributed by atoms with Crippen molar-refractivity contribution < 1.29 is 14.6 Å². The molecule has 0 atom stereocenters. The van der Waals surface area contributed by atoms with Gasteiger partial charge in [0.2, 0.25) is 0 Å². The Balaban J connectivity index is 2.68. The summed E-state index contributed by atoms with van der Waals surface area (Å²) in [5, 5.41) is 18.8. The van der Waals surface area contributed by atoms with E-state index < -0.39 is 17.1 Å². The molecule has 14 heavy (non-hydrogen) atoms. The van der Waals surface area contributed by atoms with Crippen LogP contribution in [0.3, 0.4) is 0 Å². The number of hydrogen-bond acceptors (Lipinski definition) is 3. The van der Waals surface area contributed by atoms with Gasteiger partial charge in [-0.25, -0.2) is 4.39 Å². The first-order valence-corrected chi connectivity index (χ1v) is 4.94. The summed E-state index contributed by atoms with van der Waals surface area (Å²) in [7, 11) is 0. The van der Waals surface area contributed by atoms with Gasteiger partial charge in [0.15, 0.2) is 11.5 Å². The van der Waals surface area contributed by atoms with Crippen molar-refractivity contribution in [3.63, 3.8) is 0 Å². The Kier molecular flexibility index (Phi) is 1.97. The Hall–Kier alpha value is -0.810. The second kappa shape index (κ2) is 2.84. The van der Waals surface area contributed by atoms with Crippen LogP contribution in [0.5, 0.6) is 11.5 Å². The molecule has 1 saturated carbocycles. The number of nitrogens with two attached hydrogens (primary N) is 1. The van der Waals surface area contributed by atoms with E-state index in [1.807, 2.05) is 0 Å². The minimum absolute atomic E-state index is 0.00405. The lowest BCUT2D eigenvalue weighted by Gasteiger charge is -2.14. The highest BCUT2D eigenvalue weighted by Gasteiger charge is 2.45. The Morgan fingerprint density at radius 2 is 2.00 bits per heavy atom. The van der Waals surface area contributed by atoms with Gasteiger partial charge in [-0.3, -0.25) is 0 Å². The molecule has 0 saturated heterocycles. The van der Waals surface area contributed by atoms with Crippen LogP contribution in [0.15, 0.2) is 10.5 Å². The Labute approximate surface area is 88.5 Å². The number of phenolic OH excluding ortho intramolecular Hbond substituents is 2. The molecule has 0 aromatic heterocycles. The van der Waals surface area contributed by atoms with E-state index in [0.717, 1.165) is 6.07 Å². The molecule has 1 aliphatic rings. The van der Waals surface area contributed by atoms with Crippen LogP contribution >= 0.6 is 15.9 Å². The van der Waals surface area contributed by atoms with Gasteiger partial charge in [0.1, 0.15) is 5.82 Å². The summed E-state index contributed by atoms with van der Waals surface area (Å²) in [4.78, 5) is 0. The lowest BCUT2D eigenvalue weighted by atomic mass is 10.0. The zero-order valence-electron chi connectivity index (χ0n) is 7.22. The summed E-state index contributed by atoms with van der Waals surface area (Å²) < 4.78 is 13.7. The Morgan fingerprint density at radius 1 is 1.43 bits per heavy atom. The molecule has 0 aliphatic heterocycles. The summed E-state index contributed by atoms with van der Waals surface area (Å²) in [6.45, 7) is 0. The van der Waals surface area contributed by atoms with Crippen LogP contribution < -0.4 is 5.73 Å². The van der Waals surface area contributed by atoms with Crippen molar-refractivity contribution >= 4 is 15.9 Å². The van der Waals surface area contributed by atoms with E-state index in [0.29, 0.717) is 12.8 Å². The highest BCUT2D eigenvalue weighted by molar-refractivity contribution is 9.10. The number of aromatic hydroxyl groups is 2. The molecule has 0 unspecified atom stereocenters. The quantitative estimate of drug-likeness (QED) is 0.677. The molecular weight excluding hydrogens is 253 g/mol. The third kappa shape index (κ3) is 1.27. The van der Waals surface area contributed by atoms with Gasteiger partial charge in [-0.05, 0) is 28.8 Å². The summed E-state index contributed by atoms with van der Waals surface area (Å²) in [5.74, 6) is -1.41. The van der Waals surface area contributed by atoms with E-state index in [1.54, 1.807) is 0 Å². The van der Waals surface area contributed by atoms with Crippen molar-refractivity contribution in [2.24, 2.45) is 5.73 Å². The van der Waals surface area contributed by atoms with Crippen molar-refractivity contribution in [1.29, 1.82) is 0 Å². The van der Waals surface area contributed by atoms with Crippen LogP contribution in [0, 0.1) is 5.82 Å². The second-order valence-electron chi connectivity index (χ2n) is 3.57. The maximum Gasteiger partial charge on any atom is 0.165 e. The van der Waals surface area contributed by atoms with Crippen molar-refractivity contribution in [3.8, 4) is 11.5 Å². The van der Waals surface area contributed by atoms with Crippen LogP contribution in [-0.4, -0.2) is 10.2 Å². The van der Waals surface area contributed by atoms with E-state index in [2.05, 4.69) is 15.9 Å². The fraction of sp³-hybridized carbons (Fsp3) is 0.333. The highest BCUT2D eigenvalue weighted by Crippen LogP contribution is 2.51. The van der Waals surface area contributed by atoms with Gasteiger partial charge in [-0.15, -0.1) is 0 Å². The average Bonchev–Trinajstić information content (AvgIpc) is 2.81. The molecule has 3 nitrogen and oxygen atoms in total. The van der Waals surface area contributed by atoms with Gasteiger partial charge in [0.05, 0.1) is 10.0 Å². The van der Waals surface area contributed by atoms with Gasteiger partial charge < -0.3 is 15.9 Å². The predicted octanol–water partition coefficient (Wildman–Crippen LogP) is 1.95. The highest BCUT2D eigenvalue weighted by atomic mass is 79.9. The van der Waals surface area contributed by atoms with Gasteiger partial charge in [-0.1, -0.05) is 0 Å². The number of halogens is 2. The number of rotatable bonds is 1. The van der Waals surface area contributed by atoms with Gasteiger partial charge in [-0.2, -0.15) is 0 Å². The third-order valence-corrected chi connectivity index (χ3v) is 3.04. The van der Waals surface area contributed by atoms with E-state index in [1.165, 1.54) is 0 Å². The molecule has 0 spiro atoms. The molecule has 1 aromatic rings. The second-order valence-corrected chi connectivity index (χ2v) is 4.43. The van der Waals surface area contributed by atoms with E-state index >= 15 is 0 Å². The largest absolute Gasteiger partial charge is 0.504 e. The third-order valence-electron chi connectivity index (χ3n) is 2.46. The Morgan fingerprint density at radius 3 is 2.50 bits per heavy atom. The summed E-state index contributed by atoms with van der Waals surface area (Å²) in [5.41, 5.74) is 4.97. The van der Waals surface area contributed by atoms with E-state index in [9.17, 15) is 14.6 Å². The van der Waals surface area contributed by atoms with Crippen LogP contribution in [0.4, 0.5) is 4.39 Å². The number of hydrogen-bond donors (Lipinski definition) is 3. The monoisotopic (exact) mass is 261 g/mol. The summed E-state index contributed by atoms with van der Waals surface area (Å²) in [6, 6.07) is 1.11. The molecule has 1 fully saturated rings. The van der Waals surface area contributed by atoms with Crippen molar-refractivity contribution in [3.05, 3.63) is 21.9 Å². The normalized spacial score (nSPS) is 18.2. The number of benzene rings is 1. The smallest absolute Gasteiger partial charge is 0.165 e. The lowest BCUT2D eigenvalue weighted by Crippen LogP contribution is -2.20. The van der Waals surface area contributed by atoms with Crippen molar-refractivity contribution in [2.75, 3.05) is 0 Å². The first-order chi connectivity index (χ1) is 6.46. The fourth-order valence-corrected chi connectivity index (χ4v) is 1.86.